The Bertz CT molecular complexity index is 1410. The van der Waals surface area contributed by atoms with Gasteiger partial charge in [0, 0.05) is 6.04 Å². The lowest BCUT2D eigenvalue weighted by Crippen LogP contribution is -2.35. The van der Waals surface area contributed by atoms with E-state index >= 15 is 0 Å². The summed E-state index contributed by atoms with van der Waals surface area (Å²) in [5.74, 6) is 0. The topological polar surface area (TPSA) is 59.4 Å². The molecule has 7 heteroatoms. The summed E-state index contributed by atoms with van der Waals surface area (Å²) in [6.45, 7) is 2.38. The molecule has 0 saturated heterocycles. The van der Waals surface area contributed by atoms with Crippen molar-refractivity contribution in [1.82, 2.24) is 4.57 Å². The third kappa shape index (κ3) is 3.05. The zero-order chi connectivity index (χ0) is 20.9. The van der Waals surface area contributed by atoms with E-state index in [2.05, 4.69) is 0 Å². The fraction of sp³-hybridized carbons (Fsp3) is 0.174. The number of hydrogen-bond donors (Lipinski definition) is 0. The smallest absolute Gasteiger partial charge is 0.294 e. The molecule has 152 valence electrons. The largest absolute Gasteiger partial charge is 0.308 e. The van der Waals surface area contributed by atoms with E-state index in [4.69, 9.17) is 0 Å². The van der Waals surface area contributed by atoms with Crippen LogP contribution in [0.3, 0.4) is 0 Å². The minimum absolute atomic E-state index is 0.0942. The second-order valence-corrected chi connectivity index (χ2v) is 10.4. The molecule has 2 heterocycles. The Morgan fingerprint density at radius 3 is 2.53 bits per heavy atom. The first kappa shape index (κ1) is 19.1. The molecule has 0 bridgehead atoms. The van der Waals surface area contributed by atoms with Crippen molar-refractivity contribution in [2.45, 2.75) is 30.8 Å². The number of benzene rings is 3. The molecule has 0 aliphatic carbocycles. The number of thiazole rings is 1. The van der Waals surface area contributed by atoms with E-state index in [0.29, 0.717) is 17.7 Å². The average molecular weight is 437 g/mol. The van der Waals surface area contributed by atoms with E-state index in [0.717, 1.165) is 33.7 Å². The molecule has 3 aromatic carbocycles. The highest BCUT2D eigenvalue weighted by atomic mass is 32.2. The quantitative estimate of drug-likeness (QED) is 0.481. The fourth-order valence-electron chi connectivity index (χ4n) is 4.14. The van der Waals surface area contributed by atoms with E-state index in [1.807, 2.05) is 61.5 Å². The number of para-hydroxylation sites is 1. The van der Waals surface area contributed by atoms with Gasteiger partial charge in [0.15, 0.2) is 0 Å². The molecular weight excluding hydrogens is 416 g/mol. The normalized spacial score (nSPS) is 16.2. The molecular formula is C23H20N2O3S2. The highest BCUT2D eigenvalue weighted by Crippen LogP contribution is 2.37. The van der Waals surface area contributed by atoms with Gasteiger partial charge in [0.1, 0.15) is 0 Å². The molecule has 5 rings (SSSR count). The Morgan fingerprint density at radius 2 is 1.73 bits per heavy atom. The van der Waals surface area contributed by atoms with Gasteiger partial charge in [0.05, 0.1) is 27.3 Å². The Kier molecular flexibility index (Phi) is 4.52. The summed E-state index contributed by atoms with van der Waals surface area (Å²) in [4.78, 5) is 12.7. The van der Waals surface area contributed by atoms with E-state index in [1.165, 1.54) is 4.31 Å². The summed E-state index contributed by atoms with van der Waals surface area (Å²) in [5, 5.41) is 0. The van der Waals surface area contributed by atoms with Gasteiger partial charge >= 0.3 is 4.87 Å². The van der Waals surface area contributed by atoms with Crippen LogP contribution in [-0.2, 0) is 23.0 Å². The monoisotopic (exact) mass is 436 g/mol. The molecule has 0 radical (unpaired) electrons. The second-order valence-electron chi connectivity index (χ2n) is 7.55. The molecule has 0 spiro atoms. The van der Waals surface area contributed by atoms with Crippen LogP contribution < -0.4 is 9.18 Å². The molecule has 1 aromatic heterocycles. The number of hydrogen-bond acceptors (Lipinski definition) is 4. The van der Waals surface area contributed by atoms with Crippen molar-refractivity contribution in [3.8, 4) is 0 Å². The van der Waals surface area contributed by atoms with Crippen molar-refractivity contribution in [3.63, 3.8) is 0 Å². The van der Waals surface area contributed by atoms with Crippen LogP contribution in [0.25, 0.3) is 10.2 Å². The second kappa shape index (κ2) is 7.11. The molecule has 0 fully saturated rings. The van der Waals surface area contributed by atoms with Crippen molar-refractivity contribution in [2.24, 2.45) is 0 Å². The number of nitrogens with zero attached hydrogens (tertiary/aromatic N) is 2. The Morgan fingerprint density at radius 1 is 1.00 bits per heavy atom. The van der Waals surface area contributed by atoms with Crippen molar-refractivity contribution >= 4 is 37.3 Å². The Labute approximate surface area is 178 Å². The van der Waals surface area contributed by atoms with Crippen LogP contribution in [0.4, 0.5) is 5.69 Å². The molecule has 0 N–H and O–H groups in total. The maximum Gasteiger partial charge on any atom is 0.308 e. The van der Waals surface area contributed by atoms with Crippen LogP contribution in [0.15, 0.2) is 82.5 Å². The van der Waals surface area contributed by atoms with E-state index in [-0.39, 0.29) is 15.8 Å². The minimum Gasteiger partial charge on any atom is -0.294 e. The van der Waals surface area contributed by atoms with E-state index in [9.17, 15) is 13.2 Å². The lowest BCUT2D eigenvalue weighted by Gasteiger charge is -2.24. The summed E-state index contributed by atoms with van der Waals surface area (Å²) in [6.07, 6.45) is 0.693. The molecule has 5 nitrogen and oxygen atoms in total. The fourth-order valence-corrected chi connectivity index (χ4v) is 6.86. The van der Waals surface area contributed by atoms with Gasteiger partial charge in [0.25, 0.3) is 10.0 Å². The van der Waals surface area contributed by atoms with Crippen LogP contribution >= 0.6 is 11.3 Å². The third-order valence-electron chi connectivity index (χ3n) is 5.52. The number of anilines is 1. The molecule has 0 saturated carbocycles. The summed E-state index contributed by atoms with van der Waals surface area (Å²) in [7, 11) is -3.73. The first-order valence-corrected chi connectivity index (χ1v) is 12.0. The molecule has 0 amide bonds. The van der Waals surface area contributed by atoms with Crippen LogP contribution in [0.1, 0.15) is 18.1 Å². The summed E-state index contributed by atoms with van der Waals surface area (Å²) < 4.78 is 30.8. The SMILES string of the molecule is C[C@H]1Cc2ccccc2N1S(=O)(=O)c1ccc2c(c1)sc(=O)n2Cc1ccccc1. The zero-order valence-corrected chi connectivity index (χ0v) is 18.0. The predicted molar refractivity (Wildman–Crippen MR) is 121 cm³/mol. The van der Waals surface area contributed by atoms with Gasteiger partial charge in [-0.15, -0.1) is 0 Å². The van der Waals surface area contributed by atoms with Gasteiger partial charge in [-0.3, -0.25) is 13.7 Å². The lowest BCUT2D eigenvalue weighted by molar-refractivity contribution is 0.584. The summed E-state index contributed by atoms with van der Waals surface area (Å²) in [6, 6.07) is 22.2. The number of sulfonamides is 1. The van der Waals surface area contributed by atoms with Crippen LogP contribution in [0.2, 0.25) is 0 Å². The van der Waals surface area contributed by atoms with Gasteiger partial charge < -0.3 is 0 Å². The van der Waals surface area contributed by atoms with Gasteiger partial charge in [-0.1, -0.05) is 59.9 Å². The first-order chi connectivity index (χ1) is 14.4. The molecule has 1 aliphatic heterocycles. The van der Waals surface area contributed by atoms with Gasteiger partial charge in [-0.25, -0.2) is 8.42 Å². The van der Waals surface area contributed by atoms with Crippen LogP contribution in [0.5, 0.6) is 0 Å². The van der Waals surface area contributed by atoms with Crippen LogP contribution in [0, 0.1) is 0 Å². The van der Waals surface area contributed by atoms with Crippen molar-refractivity contribution < 1.29 is 8.42 Å². The van der Waals surface area contributed by atoms with Gasteiger partial charge in [0.2, 0.25) is 0 Å². The summed E-state index contributed by atoms with van der Waals surface area (Å²) >= 11 is 1.08. The number of rotatable bonds is 4. The standard InChI is InChI=1S/C23H20N2O3S2/c1-16-13-18-9-5-6-10-20(18)25(16)30(27,28)19-11-12-21-22(14-19)29-23(26)24(21)15-17-7-3-2-4-8-17/h2-12,14,16H,13,15H2,1H3/t16-/m0/s1. The van der Waals surface area contributed by atoms with Crippen molar-refractivity contribution in [1.29, 1.82) is 0 Å². The first-order valence-electron chi connectivity index (χ1n) is 9.75. The van der Waals surface area contributed by atoms with Crippen molar-refractivity contribution in [3.05, 3.63) is 93.6 Å². The maximum atomic E-state index is 13.5. The maximum absolute atomic E-state index is 13.5. The van der Waals surface area contributed by atoms with E-state index < -0.39 is 10.0 Å². The average Bonchev–Trinajstić information content (AvgIpc) is 3.24. The van der Waals surface area contributed by atoms with Gasteiger partial charge in [-0.05, 0) is 48.7 Å². The molecule has 1 aliphatic rings. The minimum atomic E-state index is -3.73. The number of aromatic nitrogens is 1. The molecule has 1 atom stereocenters. The van der Waals surface area contributed by atoms with E-state index in [1.54, 1.807) is 22.8 Å². The highest BCUT2D eigenvalue weighted by molar-refractivity contribution is 7.93. The molecule has 0 unspecified atom stereocenters. The van der Waals surface area contributed by atoms with Gasteiger partial charge in [-0.2, -0.15) is 0 Å². The Hall–Kier alpha value is -2.90. The summed E-state index contributed by atoms with van der Waals surface area (Å²) in [5.41, 5.74) is 3.55. The molecule has 30 heavy (non-hydrogen) atoms. The predicted octanol–water partition coefficient (Wildman–Crippen LogP) is 4.25. The number of fused-ring (bicyclic) bond motifs is 2. The molecule has 4 aromatic rings. The third-order valence-corrected chi connectivity index (χ3v) is 8.39. The Balaban J connectivity index is 1.57. The highest BCUT2D eigenvalue weighted by Gasteiger charge is 2.36. The van der Waals surface area contributed by atoms with Crippen molar-refractivity contribution in [2.75, 3.05) is 4.31 Å². The zero-order valence-electron chi connectivity index (χ0n) is 16.4. The lowest BCUT2D eigenvalue weighted by atomic mass is 10.1. The van der Waals surface area contributed by atoms with Crippen LogP contribution in [-0.4, -0.2) is 19.0 Å².